The van der Waals surface area contributed by atoms with E-state index in [1.807, 2.05) is 18.2 Å². The minimum atomic E-state index is -0.0387. The van der Waals surface area contributed by atoms with Crippen molar-refractivity contribution >= 4 is 5.91 Å². The molecule has 0 radical (unpaired) electrons. The number of amides is 1. The van der Waals surface area contributed by atoms with Gasteiger partial charge in [0.25, 0.3) is 5.91 Å². The number of nitrogens with two attached hydrogens (primary N) is 1. The van der Waals surface area contributed by atoms with Gasteiger partial charge < -0.3 is 15.8 Å². The highest BCUT2D eigenvalue weighted by Crippen LogP contribution is 2.20. The van der Waals surface area contributed by atoms with Crippen LogP contribution < -0.4 is 11.1 Å². The molecule has 0 spiro atoms. The van der Waals surface area contributed by atoms with Gasteiger partial charge in [-0.25, -0.2) is 0 Å². The van der Waals surface area contributed by atoms with Gasteiger partial charge in [-0.3, -0.25) is 4.79 Å². The third kappa shape index (κ3) is 2.40. The van der Waals surface area contributed by atoms with E-state index in [0.717, 1.165) is 12.0 Å². The standard InChI is InChI=1S/C12H16N2O2/c13-4-1-5-14-12(15)9-2-3-10-7-16-8-11(10)6-9/h2-3,6H,1,4-5,7-8,13H2,(H,14,15). The quantitative estimate of drug-likeness (QED) is 0.737. The van der Waals surface area contributed by atoms with Crippen molar-refractivity contribution in [3.8, 4) is 0 Å². The second-order valence-electron chi connectivity index (χ2n) is 3.87. The highest BCUT2D eigenvalue weighted by molar-refractivity contribution is 5.94. The molecule has 1 aromatic rings. The first-order chi connectivity index (χ1) is 7.81. The fourth-order valence-corrected chi connectivity index (χ4v) is 1.72. The molecule has 1 aromatic carbocycles. The first kappa shape index (κ1) is 11.1. The van der Waals surface area contributed by atoms with Gasteiger partial charge in [0.1, 0.15) is 0 Å². The fraction of sp³-hybridized carbons (Fsp3) is 0.417. The zero-order valence-electron chi connectivity index (χ0n) is 9.16. The summed E-state index contributed by atoms with van der Waals surface area (Å²) in [6, 6.07) is 5.70. The van der Waals surface area contributed by atoms with Gasteiger partial charge in [0, 0.05) is 12.1 Å². The molecule has 0 atom stereocenters. The molecular weight excluding hydrogens is 204 g/mol. The number of hydrogen-bond donors (Lipinski definition) is 2. The molecule has 3 N–H and O–H groups in total. The van der Waals surface area contributed by atoms with Crippen molar-refractivity contribution in [2.45, 2.75) is 19.6 Å². The molecule has 16 heavy (non-hydrogen) atoms. The van der Waals surface area contributed by atoms with E-state index in [4.69, 9.17) is 10.5 Å². The molecule has 1 amide bonds. The Hall–Kier alpha value is -1.39. The van der Waals surface area contributed by atoms with Crippen LogP contribution in [-0.4, -0.2) is 19.0 Å². The minimum Gasteiger partial charge on any atom is -0.372 e. The lowest BCUT2D eigenvalue weighted by atomic mass is 10.1. The summed E-state index contributed by atoms with van der Waals surface area (Å²) in [5.41, 5.74) is 8.35. The topological polar surface area (TPSA) is 64.3 Å². The van der Waals surface area contributed by atoms with Gasteiger partial charge in [-0.15, -0.1) is 0 Å². The summed E-state index contributed by atoms with van der Waals surface area (Å²) < 4.78 is 5.30. The summed E-state index contributed by atoms with van der Waals surface area (Å²) in [5, 5.41) is 2.83. The van der Waals surface area contributed by atoms with Crippen molar-refractivity contribution in [2.75, 3.05) is 13.1 Å². The molecule has 1 aliphatic heterocycles. The predicted molar refractivity (Wildman–Crippen MR) is 60.9 cm³/mol. The van der Waals surface area contributed by atoms with Crippen LogP contribution in [0, 0.1) is 0 Å². The predicted octanol–water partition coefficient (Wildman–Crippen LogP) is 0.795. The van der Waals surface area contributed by atoms with Gasteiger partial charge in [0.2, 0.25) is 0 Å². The summed E-state index contributed by atoms with van der Waals surface area (Å²) in [6.45, 7) is 2.49. The molecule has 4 heteroatoms. The van der Waals surface area contributed by atoms with E-state index in [2.05, 4.69) is 5.32 Å². The monoisotopic (exact) mass is 220 g/mol. The van der Waals surface area contributed by atoms with Crippen LogP contribution in [0.15, 0.2) is 18.2 Å². The van der Waals surface area contributed by atoms with E-state index < -0.39 is 0 Å². The Bertz CT molecular complexity index is 391. The molecule has 4 nitrogen and oxygen atoms in total. The van der Waals surface area contributed by atoms with Crippen molar-refractivity contribution in [3.63, 3.8) is 0 Å². The Morgan fingerprint density at radius 3 is 3.00 bits per heavy atom. The van der Waals surface area contributed by atoms with Crippen LogP contribution in [-0.2, 0) is 18.0 Å². The van der Waals surface area contributed by atoms with Crippen molar-refractivity contribution in [3.05, 3.63) is 34.9 Å². The molecule has 0 unspecified atom stereocenters. The van der Waals surface area contributed by atoms with E-state index in [9.17, 15) is 4.79 Å². The number of benzene rings is 1. The largest absolute Gasteiger partial charge is 0.372 e. The molecule has 0 fully saturated rings. The molecule has 2 rings (SSSR count). The summed E-state index contributed by atoms with van der Waals surface area (Å²) in [5.74, 6) is -0.0387. The Morgan fingerprint density at radius 2 is 2.19 bits per heavy atom. The van der Waals surface area contributed by atoms with E-state index in [1.165, 1.54) is 5.56 Å². The van der Waals surface area contributed by atoms with Crippen molar-refractivity contribution in [1.29, 1.82) is 0 Å². The van der Waals surface area contributed by atoms with Gasteiger partial charge in [-0.05, 0) is 36.2 Å². The molecule has 0 saturated heterocycles. The molecule has 0 aromatic heterocycles. The number of fused-ring (bicyclic) bond motifs is 1. The van der Waals surface area contributed by atoms with Gasteiger partial charge in [0.15, 0.2) is 0 Å². The molecule has 0 bridgehead atoms. The van der Waals surface area contributed by atoms with Gasteiger partial charge in [-0.1, -0.05) is 6.07 Å². The van der Waals surface area contributed by atoms with Crippen molar-refractivity contribution < 1.29 is 9.53 Å². The van der Waals surface area contributed by atoms with Crippen LogP contribution in [0.4, 0.5) is 0 Å². The first-order valence-corrected chi connectivity index (χ1v) is 5.49. The SMILES string of the molecule is NCCCNC(=O)c1ccc2c(c1)COC2. The highest BCUT2D eigenvalue weighted by Gasteiger charge is 2.13. The average Bonchev–Trinajstić information content (AvgIpc) is 2.76. The maximum absolute atomic E-state index is 11.7. The summed E-state index contributed by atoms with van der Waals surface area (Å²) in [6.07, 6.45) is 0.805. The van der Waals surface area contributed by atoms with Crippen LogP contribution in [0.2, 0.25) is 0 Å². The number of nitrogens with one attached hydrogen (secondary N) is 1. The van der Waals surface area contributed by atoms with E-state index in [0.29, 0.717) is 31.9 Å². The molecule has 0 aliphatic carbocycles. The lowest BCUT2D eigenvalue weighted by Crippen LogP contribution is -2.26. The molecule has 86 valence electrons. The second kappa shape index (κ2) is 5.09. The van der Waals surface area contributed by atoms with Gasteiger partial charge in [-0.2, -0.15) is 0 Å². The number of hydrogen-bond acceptors (Lipinski definition) is 3. The summed E-state index contributed by atoms with van der Waals surface area (Å²) in [7, 11) is 0. The Morgan fingerprint density at radius 1 is 1.38 bits per heavy atom. The Kier molecular flexibility index (Phi) is 3.54. The lowest BCUT2D eigenvalue weighted by molar-refractivity contribution is 0.0953. The third-order valence-corrected chi connectivity index (χ3v) is 2.65. The van der Waals surface area contributed by atoms with Crippen LogP contribution in [0.5, 0.6) is 0 Å². The first-order valence-electron chi connectivity index (χ1n) is 5.49. The zero-order valence-corrected chi connectivity index (χ0v) is 9.16. The number of carbonyl (C=O) groups excluding carboxylic acids is 1. The van der Waals surface area contributed by atoms with Gasteiger partial charge >= 0.3 is 0 Å². The highest BCUT2D eigenvalue weighted by atomic mass is 16.5. The molecule has 1 heterocycles. The van der Waals surface area contributed by atoms with E-state index in [1.54, 1.807) is 0 Å². The maximum atomic E-state index is 11.7. The number of ether oxygens (including phenoxy) is 1. The van der Waals surface area contributed by atoms with Crippen molar-refractivity contribution in [1.82, 2.24) is 5.32 Å². The Labute approximate surface area is 94.8 Å². The minimum absolute atomic E-state index is 0.0387. The average molecular weight is 220 g/mol. The molecule has 1 aliphatic rings. The van der Waals surface area contributed by atoms with Crippen LogP contribution in [0.3, 0.4) is 0 Å². The second-order valence-corrected chi connectivity index (χ2v) is 3.87. The Balaban J connectivity index is 2.01. The van der Waals surface area contributed by atoms with Crippen molar-refractivity contribution in [2.24, 2.45) is 5.73 Å². The maximum Gasteiger partial charge on any atom is 0.251 e. The summed E-state index contributed by atoms with van der Waals surface area (Å²) in [4.78, 5) is 11.7. The number of rotatable bonds is 4. The van der Waals surface area contributed by atoms with Crippen LogP contribution >= 0.6 is 0 Å². The smallest absolute Gasteiger partial charge is 0.251 e. The van der Waals surface area contributed by atoms with E-state index >= 15 is 0 Å². The third-order valence-electron chi connectivity index (χ3n) is 2.65. The van der Waals surface area contributed by atoms with Gasteiger partial charge in [0.05, 0.1) is 13.2 Å². The van der Waals surface area contributed by atoms with Crippen LogP contribution in [0.1, 0.15) is 27.9 Å². The zero-order chi connectivity index (χ0) is 11.4. The number of carbonyl (C=O) groups is 1. The molecule has 0 saturated carbocycles. The normalized spacial score (nSPS) is 13.6. The van der Waals surface area contributed by atoms with E-state index in [-0.39, 0.29) is 5.91 Å². The van der Waals surface area contributed by atoms with Crippen LogP contribution in [0.25, 0.3) is 0 Å². The fourth-order valence-electron chi connectivity index (χ4n) is 1.72. The summed E-state index contributed by atoms with van der Waals surface area (Å²) >= 11 is 0. The molecular formula is C12H16N2O2. The lowest BCUT2D eigenvalue weighted by Gasteiger charge is -2.05.